The smallest absolute Gasteiger partial charge is 0.262 e. The zero-order valence-corrected chi connectivity index (χ0v) is 13.6. The molecule has 1 aromatic carbocycles. The first-order chi connectivity index (χ1) is 9.07. The van der Waals surface area contributed by atoms with Crippen LogP contribution in [0.15, 0.2) is 23.1 Å². The Hall–Kier alpha value is -0.820. The minimum atomic E-state index is -4.00. The lowest BCUT2D eigenvalue weighted by Gasteiger charge is -2.23. The van der Waals surface area contributed by atoms with Crippen LogP contribution in [-0.4, -0.2) is 33.6 Å². The molecule has 5 nitrogen and oxygen atoms in total. The van der Waals surface area contributed by atoms with Crippen LogP contribution in [0.4, 0.5) is 0 Å². The number of benzene rings is 1. The lowest BCUT2D eigenvalue weighted by Crippen LogP contribution is -2.39. The Morgan fingerprint density at radius 3 is 2.50 bits per heavy atom. The van der Waals surface area contributed by atoms with E-state index >= 15 is 0 Å². The first-order valence-corrected chi connectivity index (χ1v) is 8.33. The van der Waals surface area contributed by atoms with Gasteiger partial charge in [0.2, 0.25) is 0 Å². The van der Waals surface area contributed by atoms with Gasteiger partial charge in [-0.1, -0.05) is 11.6 Å². The summed E-state index contributed by atoms with van der Waals surface area (Å²) in [4.78, 5) is 11.7. The van der Waals surface area contributed by atoms with E-state index in [1.54, 1.807) is 0 Å². The third-order valence-electron chi connectivity index (χ3n) is 2.68. The van der Waals surface area contributed by atoms with Gasteiger partial charge in [-0.2, -0.15) is 0 Å². The maximum Gasteiger partial charge on any atom is 0.262 e. The quantitative estimate of drug-likeness (QED) is 0.836. The predicted octanol–water partition coefficient (Wildman–Crippen LogP) is 2.42. The summed E-state index contributed by atoms with van der Waals surface area (Å²) in [5.41, 5.74) is -0.371. The summed E-state index contributed by atoms with van der Waals surface area (Å²) in [6, 6.07) is 3.87. The molecule has 20 heavy (non-hydrogen) atoms. The topological polar surface area (TPSA) is 72.5 Å². The number of nitrogens with one attached hydrogen (secondary N) is 1. The lowest BCUT2D eigenvalue weighted by atomic mass is 10.1. The van der Waals surface area contributed by atoms with Crippen molar-refractivity contribution in [3.8, 4) is 0 Å². The number of rotatable bonds is 5. The van der Waals surface area contributed by atoms with Gasteiger partial charge in [0.25, 0.3) is 15.0 Å². The fourth-order valence-corrected chi connectivity index (χ4v) is 2.79. The Bertz CT molecular complexity index is 614. The van der Waals surface area contributed by atoms with Crippen LogP contribution in [0, 0.1) is 0 Å². The number of methoxy groups -OCH3 is 1. The molecule has 1 rings (SSSR count). The summed E-state index contributed by atoms with van der Waals surface area (Å²) < 4.78 is 27.8. The van der Waals surface area contributed by atoms with Gasteiger partial charge < -0.3 is 10.1 Å². The van der Waals surface area contributed by atoms with Crippen LogP contribution < -0.4 is 5.32 Å². The van der Waals surface area contributed by atoms with Crippen molar-refractivity contribution in [1.82, 2.24) is 5.32 Å². The molecule has 0 saturated carbocycles. The molecular weight excluding hydrogens is 325 g/mol. The van der Waals surface area contributed by atoms with Crippen molar-refractivity contribution in [3.63, 3.8) is 0 Å². The highest BCUT2D eigenvalue weighted by Gasteiger charge is 2.20. The van der Waals surface area contributed by atoms with Crippen molar-refractivity contribution in [2.45, 2.75) is 24.3 Å². The third kappa shape index (κ3) is 4.63. The van der Waals surface area contributed by atoms with E-state index in [0.717, 1.165) is 6.07 Å². The molecular formula is C12H15Cl2NO4S. The standard InChI is InChI=1S/C12H15Cl2NO4S/c1-12(2,19-3)7-15-11(16)8-4-5-9(13)10(6-8)20(14,17)18/h4-6H,7H2,1-3H3,(H,15,16). The molecule has 0 heterocycles. The molecule has 1 amide bonds. The van der Waals surface area contributed by atoms with E-state index in [4.69, 9.17) is 27.0 Å². The van der Waals surface area contributed by atoms with E-state index in [1.165, 1.54) is 19.2 Å². The van der Waals surface area contributed by atoms with Crippen molar-refractivity contribution in [2.24, 2.45) is 0 Å². The first-order valence-electron chi connectivity index (χ1n) is 5.64. The van der Waals surface area contributed by atoms with Gasteiger partial charge in [-0.25, -0.2) is 8.42 Å². The number of hydrogen-bond donors (Lipinski definition) is 1. The molecule has 0 fully saturated rings. The van der Waals surface area contributed by atoms with Gasteiger partial charge in [0.05, 0.1) is 10.6 Å². The summed E-state index contributed by atoms with van der Waals surface area (Å²) in [5, 5.41) is 2.61. The largest absolute Gasteiger partial charge is 0.377 e. The van der Waals surface area contributed by atoms with Gasteiger partial charge in [0.15, 0.2) is 0 Å². The Labute approximate surface area is 127 Å². The molecule has 0 radical (unpaired) electrons. The van der Waals surface area contributed by atoms with Gasteiger partial charge in [-0.15, -0.1) is 0 Å². The molecule has 0 aliphatic carbocycles. The number of halogens is 2. The fraction of sp³-hybridized carbons (Fsp3) is 0.417. The van der Waals surface area contributed by atoms with E-state index in [1.807, 2.05) is 13.8 Å². The van der Waals surface area contributed by atoms with Crippen molar-refractivity contribution in [2.75, 3.05) is 13.7 Å². The van der Waals surface area contributed by atoms with Crippen LogP contribution in [0.3, 0.4) is 0 Å². The number of carbonyl (C=O) groups excluding carboxylic acids is 1. The first kappa shape index (κ1) is 17.2. The molecule has 0 aliphatic heterocycles. The van der Waals surface area contributed by atoms with Crippen LogP contribution in [-0.2, 0) is 13.8 Å². The predicted molar refractivity (Wildman–Crippen MR) is 77.9 cm³/mol. The maximum absolute atomic E-state index is 12.0. The zero-order valence-electron chi connectivity index (χ0n) is 11.2. The second kappa shape index (κ2) is 6.30. The second-order valence-corrected chi connectivity index (χ2v) is 7.67. The SMILES string of the molecule is COC(C)(C)CNC(=O)c1ccc(Cl)c(S(=O)(=O)Cl)c1. The van der Waals surface area contributed by atoms with Crippen molar-refractivity contribution >= 4 is 37.2 Å². The summed E-state index contributed by atoms with van der Waals surface area (Å²) >= 11 is 5.74. The molecule has 112 valence electrons. The summed E-state index contributed by atoms with van der Waals surface area (Å²) in [7, 11) is 2.78. The average Bonchev–Trinajstić information content (AvgIpc) is 2.35. The Balaban J connectivity index is 2.96. The Kier molecular flexibility index (Phi) is 5.43. The van der Waals surface area contributed by atoms with E-state index in [0.29, 0.717) is 0 Å². The average molecular weight is 340 g/mol. The summed E-state index contributed by atoms with van der Waals surface area (Å²) in [5.74, 6) is -0.437. The van der Waals surface area contributed by atoms with E-state index in [-0.39, 0.29) is 22.0 Å². The van der Waals surface area contributed by atoms with Crippen LogP contribution in [0.25, 0.3) is 0 Å². The molecule has 1 aromatic rings. The number of hydrogen-bond acceptors (Lipinski definition) is 4. The summed E-state index contributed by atoms with van der Waals surface area (Å²) in [6.07, 6.45) is 0. The van der Waals surface area contributed by atoms with Crippen LogP contribution >= 0.6 is 22.3 Å². The van der Waals surface area contributed by atoms with Crippen LogP contribution in [0.2, 0.25) is 5.02 Å². The number of amides is 1. The highest BCUT2D eigenvalue weighted by atomic mass is 35.7. The van der Waals surface area contributed by atoms with Gasteiger partial charge >= 0.3 is 0 Å². The Morgan fingerprint density at radius 2 is 2.00 bits per heavy atom. The molecule has 0 aliphatic rings. The second-order valence-electron chi connectivity index (χ2n) is 4.73. The molecule has 0 saturated heterocycles. The molecule has 0 atom stereocenters. The van der Waals surface area contributed by atoms with Gasteiger partial charge in [-0.05, 0) is 32.0 Å². The number of carbonyl (C=O) groups is 1. The molecule has 0 spiro atoms. The van der Waals surface area contributed by atoms with E-state index in [2.05, 4.69) is 5.32 Å². The Morgan fingerprint density at radius 1 is 1.40 bits per heavy atom. The fourth-order valence-electron chi connectivity index (χ4n) is 1.30. The van der Waals surface area contributed by atoms with Crippen molar-refractivity contribution in [3.05, 3.63) is 28.8 Å². The third-order valence-corrected chi connectivity index (χ3v) is 4.49. The zero-order chi connectivity index (χ0) is 15.6. The minimum Gasteiger partial charge on any atom is -0.377 e. The van der Waals surface area contributed by atoms with E-state index < -0.39 is 20.6 Å². The number of ether oxygens (including phenoxy) is 1. The van der Waals surface area contributed by atoms with E-state index in [9.17, 15) is 13.2 Å². The maximum atomic E-state index is 12.0. The normalized spacial score (nSPS) is 12.2. The molecule has 0 bridgehead atoms. The van der Waals surface area contributed by atoms with Gasteiger partial charge in [0, 0.05) is 29.9 Å². The highest BCUT2D eigenvalue weighted by molar-refractivity contribution is 8.13. The molecule has 0 unspecified atom stereocenters. The molecule has 1 N–H and O–H groups in total. The van der Waals surface area contributed by atoms with Gasteiger partial charge in [0.1, 0.15) is 4.90 Å². The van der Waals surface area contributed by atoms with Crippen LogP contribution in [0.5, 0.6) is 0 Å². The molecule has 0 aromatic heterocycles. The summed E-state index contributed by atoms with van der Waals surface area (Å²) in [6.45, 7) is 3.89. The van der Waals surface area contributed by atoms with Gasteiger partial charge in [-0.3, -0.25) is 4.79 Å². The molecule has 8 heteroatoms. The van der Waals surface area contributed by atoms with Crippen molar-refractivity contribution < 1.29 is 17.9 Å². The minimum absolute atomic E-state index is 0.0335. The highest BCUT2D eigenvalue weighted by Crippen LogP contribution is 2.25. The monoisotopic (exact) mass is 339 g/mol. The van der Waals surface area contributed by atoms with Crippen molar-refractivity contribution in [1.29, 1.82) is 0 Å². The van der Waals surface area contributed by atoms with Crippen LogP contribution in [0.1, 0.15) is 24.2 Å². The lowest BCUT2D eigenvalue weighted by molar-refractivity contribution is 0.0228.